The zero-order chi connectivity index (χ0) is 15.4. The number of aromatic nitrogens is 2. The van der Waals surface area contributed by atoms with E-state index >= 15 is 0 Å². The van der Waals surface area contributed by atoms with E-state index in [9.17, 15) is 0 Å². The van der Waals surface area contributed by atoms with Gasteiger partial charge in [0.2, 0.25) is 5.88 Å². The monoisotopic (exact) mass is 293 g/mol. The molecular weight excluding hydrogens is 266 g/mol. The van der Waals surface area contributed by atoms with Crippen LogP contribution in [-0.2, 0) is 4.74 Å². The summed E-state index contributed by atoms with van der Waals surface area (Å²) in [6.45, 7) is 6.19. The van der Waals surface area contributed by atoms with Crippen LogP contribution in [0.2, 0.25) is 0 Å². The Morgan fingerprint density at radius 3 is 2.52 bits per heavy atom. The van der Waals surface area contributed by atoms with E-state index in [-0.39, 0.29) is 12.0 Å². The molecule has 118 valence electrons. The van der Waals surface area contributed by atoms with Crippen LogP contribution in [0.15, 0.2) is 0 Å². The average Bonchev–Trinajstić information content (AvgIpc) is 2.49. The predicted molar refractivity (Wildman–Crippen MR) is 84.1 cm³/mol. The molecule has 0 radical (unpaired) electrons. The van der Waals surface area contributed by atoms with Crippen molar-refractivity contribution in [2.24, 2.45) is 0 Å². The molecule has 2 atom stereocenters. The summed E-state index contributed by atoms with van der Waals surface area (Å²) in [5.74, 6) is 2.65. The van der Waals surface area contributed by atoms with Gasteiger partial charge < -0.3 is 14.8 Å². The number of hydrogen-bond acceptors (Lipinski definition) is 5. The number of anilines is 1. The molecule has 5 nitrogen and oxygen atoms in total. The number of ether oxygens (including phenoxy) is 2. The lowest BCUT2D eigenvalue weighted by Crippen LogP contribution is -2.30. The topological polar surface area (TPSA) is 56.3 Å². The summed E-state index contributed by atoms with van der Waals surface area (Å²) in [6.07, 6.45) is 4.75. The molecule has 2 unspecified atom stereocenters. The molecule has 0 bridgehead atoms. The van der Waals surface area contributed by atoms with Crippen molar-refractivity contribution in [3.05, 3.63) is 11.4 Å². The van der Waals surface area contributed by atoms with Gasteiger partial charge in [-0.25, -0.2) is 4.98 Å². The molecule has 0 aliphatic heterocycles. The molecule has 0 spiro atoms. The highest BCUT2D eigenvalue weighted by Crippen LogP contribution is 2.29. The predicted octanol–water partition coefficient (Wildman–Crippen LogP) is 3.29. The molecule has 1 N–H and O–H groups in total. The summed E-state index contributed by atoms with van der Waals surface area (Å²) in [4.78, 5) is 9.16. The summed E-state index contributed by atoms with van der Waals surface area (Å²) in [5, 5.41) is 3.13. The van der Waals surface area contributed by atoms with Crippen molar-refractivity contribution in [2.45, 2.75) is 64.6 Å². The van der Waals surface area contributed by atoms with E-state index in [0.717, 1.165) is 42.9 Å². The summed E-state index contributed by atoms with van der Waals surface area (Å²) >= 11 is 0. The van der Waals surface area contributed by atoms with Crippen molar-refractivity contribution >= 4 is 5.82 Å². The van der Waals surface area contributed by atoms with Gasteiger partial charge in [0.1, 0.15) is 17.7 Å². The third kappa shape index (κ3) is 3.84. The fourth-order valence-electron chi connectivity index (χ4n) is 2.71. The molecular formula is C16H27N3O2. The van der Waals surface area contributed by atoms with Crippen LogP contribution in [0.5, 0.6) is 5.88 Å². The lowest BCUT2D eigenvalue weighted by molar-refractivity contribution is 0.0191. The first-order valence-corrected chi connectivity index (χ1v) is 7.80. The van der Waals surface area contributed by atoms with Crippen LogP contribution in [0.4, 0.5) is 5.82 Å². The van der Waals surface area contributed by atoms with Gasteiger partial charge in [-0.15, -0.1) is 0 Å². The fourth-order valence-corrected chi connectivity index (χ4v) is 2.71. The summed E-state index contributed by atoms with van der Waals surface area (Å²) in [5.41, 5.74) is 0.974. The highest BCUT2D eigenvalue weighted by molar-refractivity contribution is 5.48. The molecule has 1 aromatic rings. The molecule has 1 fully saturated rings. The second-order valence-electron chi connectivity index (χ2n) is 6.03. The molecule has 21 heavy (non-hydrogen) atoms. The Hall–Kier alpha value is -1.36. The first-order valence-electron chi connectivity index (χ1n) is 7.80. The smallest absolute Gasteiger partial charge is 0.222 e. The first-order chi connectivity index (χ1) is 10.0. The van der Waals surface area contributed by atoms with Gasteiger partial charge in [0, 0.05) is 26.5 Å². The SMILES string of the molecule is CNc1nc(C(C)C)nc(OC2CCCC(OC)C2)c1C. The Bertz CT molecular complexity index is 477. The van der Waals surface area contributed by atoms with Crippen LogP contribution >= 0.6 is 0 Å². The minimum absolute atomic E-state index is 0.182. The zero-order valence-corrected chi connectivity index (χ0v) is 13.8. The van der Waals surface area contributed by atoms with Gasteiger partial charge in [-0.3, -0.25) is 0 Å². The van der Waals surface area contributed by atoms with Crippen LogP contribution in [0.3, 0.4) is 0 Å². The number of methoxy groups -OCH3 is 1. The van der Waals surface area contributed by atoms with Gasteiger partial charge in [0.05, 0.1) is 11.7 Å². The molecule has 1 aliphatic carbocycles. The van der Waals surface area contributed by atoms with Crippen molar-refractivity contribution in [1.29, 1.82) is 0 Å². The lowest BCUT2D eigenvalue weighted by atomic mass is 9.95. The van der Waals surface area contributed by atoms with E-state index in [1.54, 1.807) is 7.11 Å². The molecule has 0 aromatic carbocycles. The Labute approximate surface area is 127 Å². The summed E-state index contributed by atoms with van der Waals surface area (Å²) in [7, 11) is 3.66. The lowest BCUT2D eigenvalue weighted by Gasteiger charge is -2.29. The Morgan fingerprint density at radius 2 is 1.90 bits per heavy atom. The van der Waals surface area contributed by atoms with Gasteiger partial charge in [-0.1, -0.05) is 13.8 Å². The number of nitrogens with zero attached hydrogens (tertiary/aromatic N) is 2. The van der Waals surface area contributed by atoms with E-state index < -0.39 is 0 Å². The number of hydrogen-bond donors (Lipinski definition) is 1. The van der Waals surface area contributed by atoms with Crippen LogP contribution < -0.4 is 10.1 Å². The Balaban J connectivity index is 2.20. The maximum atomic E-state index is 6.18. The second kappa shape index (κ2) is 7.07. The van der Waals surface area contributed by atoms with Crippen LogP contribution in [0, 0.1) is 6.92 Å². The zero-order valence-electron chi connectivity index (χ0n) is 13.8. The van der Waals surface area contributed by atoms with Crippen molar-refractivity contribution in [1.82, 2.24) is 9.97 Å². The van der Waals surface area contributed by atoms with Crippen LogP contribution in [-0.4, -0.2) is 36.3 Å². The molecule has 2 rings (SSSR count). The van der Waals surface area contributed by atoms with Gasteiger partial charge in [0.25, 0.3) is 0 Å². The van der Waals surface area contributed by atoms with E-state index in [1.165, 1.54) is 0 Å². The standard InChI is InChI=1S/C16H27N3O2/c1-10(2)14-18-15(17-4)11(3)16(19-14)21-13-8-6-7-12(9-13)20-5/h10,12-13H,6-9H2,1-5H3,(H,17,18,19). The number of rotatable bonds is 5. The minimum atomic E-state index is 0.182. The van der Waals surface area contributed by atoms with Crippen molar-refractivity contribution < 1.29 is 9.47 Å². The van der Waals surface area contributed by atoms with Gasteiger partial charge in [-0.2, -0.15) is 4.98 Å². The third-order valence-corrected chi connectivity index (χ3v) is 4.06. The molecule has 0 saturated heterocycles. The third-order valence-electron chi connectivity index (χ3n) is 4.06. The fraction of sp³-hybridized carbons (Fsp3) is 0.750. The molecule has 1 aromatic heterocycles. The minimum Gasteiger partial charge on any atom is -0.474 e. The maximum absolute atomic E-state index is 6.18. The molecule has 1 heterocycles. The quantitative estimate of drug-likeness (QED) is 0.903. The second-order valence-corrected chi connectivity index (χ2v) is 6.03. The highest BCUT2D eigenvalue weighted by atomic mass is 16.5. The first kappa shape index (κ1) is 16.0. The van der Waals surface area contributed by atoms with Crippen LogP contribution in [0.25, 0.3) is 0 Å². The van der Waals surface area contributed by atoms with E-state index in [0.29, 0.717) is 12.0 Å². The largest absolute Gasteiger partial charge is 0.474 e. The molecule has 1 aliphatic rings. The van der Waals surface area contributed by atoms with Crippen molar-refractivity contribution in [3.8, 4) is 5.88 Å². The average molecular weight is 293 g/mol. The van der Waals surface area contributed by atoms with Gasteiger partial charge in [-0.05, 0) is 26.2 Å². The normalized spacial score (nSPS) is 22.4. The van der Waals surface area contributed by atoms with Crippen molar-refractivity contribution in [3.63, 3.8) is 0 Å². The highest BCUT2D eigenvalue weighted by Gasteiger charge is 2.25. The maximum Gasteiger partial charge on any atom is 0.222 e. The van der Waals surface area contributed by atoms with Gasteiger partial charge in [0.15, 0.2) is 0 Å². The van der Waals surface area contributed by atoms with E-state index in [4.69, 9.17) is 9.47 Å². The number of nitrogens with one attached hydrogen (secondary N) is 1. The molecule has 0 amide bonds. The summed E-state index contributed by atoms with van der Waals surface area (Å²) < 4.78 is 11.7. The Kier molecular flexibility index (Phi) is 5.39. The Morgan fingerprint density at radius 1 is 1.19 bits per heavy atom. The van der Waals surface area contributed by atoms with Gasteiger partial charge >= 0.3 is 0 Å². The molecule has 1 saturated carbocycles. The van der Waals surface area contributed by atoms with Crippen molar-refractivity contribution in [2.75, 3.05) is 19.5 Å². The molecule has 5 heteroatoms. The summed E-state index contributed by atoms with van der Waals surface area (Å²) in [6, 6.07) is 0. The van der Waals surface area contributed by atoms with Crippen LogP contribution in [0.1, 0.15) is 56.8 Å². The van der Waals surface area contributed by atoms with E-state index in [2.05, 4.69) is 29.1 Å². The van der Waals surface area contributed by atoms with E-state index in [1.807, 2.05) is 14.0 Å².